The monoisotopic (exact) mass is 418 g/mol. The van der Waals surface area contributed by atoms with Gasteiger partial charge in [-0.05, 0) is 24.5 Å². The minimum absolute atomic E-state index is 0.0754. The van der Waals surface area contributed by atoms with Crippen LogP contribution in [0.2, 0.25) is 0 Å². The summed E-state index contributed by atoms with van der Waals surface area (Å²) >= 11 is 0. The minimum Gasteiger partial charge on any atom is -0.361 e. The van der Waals surface area contributed by atoms with E-state index in [0.717, 1.165) is 16.5 Å². The lowest BCUT2D eigenvalue weighted by molar-refractivity contribution is -0.151. The van der Waals surface area contributed by atoms with E-state index in [9.17, 15) is 14.4 Å². The Hall–Kier alpha value is -3.75. The molecule has 0 aliphatic carbocycles. The highest BCUT2D eigenvalue weighted by atomic mass is 16.2. The SMILES string of the molecule is O=C(NC1CCN2C(=O)C(Cc3c[nH]c4ccccc34)NC(=O)C2C1)c1cnccn1. The average Bonchev–Trinajstić information content (AvgIpc) is 3.21. The normalized spacial score (nSPS) is 23.4. The number of H-pyrrole nitrogens is 1. The molecule has 0 spiro atoms. The first kappa shape index (κ1) is 19.2. The Kier molecular flexibility index (Phi) is 4.85. The Morgan fingerprint density at radius 3 is 2.94 bits per heavy atom. The molecule has 9 heteroatoms. The third kappa shape index (κ3) is 3.63. The van der Waals surface area contributed by atoms with Crippen LogP contribution in [0, 0.1) is 0 Å². The number of amides is 3. The smallest absolute Gasteiger partial charge is 0.271 e. The lowest BCUT2D eigenvalue weighted by atomic mass is 9.91. The second-order valence-electron chi connectivity index (χ2n) is 7.96. The summed E-state index contributed by atoms with van der Waals surface area (Å²) < 4.78 is 0. The zero-order valence-electron chi connectivity index (χ0n) is 16.7. The second-order valence-corrected chi connectivity index (χ2v) is 7.96. The van der Waals surface area contributed by atoms with E-state index in [1.807, 2.05) is 30.5 Å². The maximum atomic E-state index is 13.1. The predicted molar refractivity (Wildman–Crippen MR) is 112 cm³/mol. The van der Waals surface area contributed by atoms with Gasteiger partial charge in [-0.15, -0.1) is 0 Å². The Labute approximate surface area is 178 Å². The molecule has 2 aliphatic heterocycles. The van der Waals surface area contributed by atoms with Crippen LogP contribution in [0.1, 0.15) is 28.9 Å². The molecular weight excluding hydrogens is 396 g/mol. The van der Waals surface area contributed by atoms with Crippen LogP contribution in [-0.4, -0.2) is 62.2 Å². The molecule has 158 valence electrons. The van der Waals surface area contributed by atoms with Crippen molar-refractivity contribution in [2.45, 2.75) is 37.4 Å². The second kappa shape index (κ2) is 7.82. The van der Waals surface area contributed by atoms with Gasteiger partial charge in [0, 0.05) is 48.5 Å². The van der Waals surface area contributed by atoms with Crippen LogP contribution in [0.3, 0.4) is 0 Å². The minimum atomic E-state index is -0.589. The van der Waals surface area contributed by atoms with Crippen molar-refractivity contribution in [2.75, 3.05) is 6.54 Å². The lowest BCUT2D eigenvalue weighted by Crippen LogP contribution is -2.67. The van der Waals surface area contributed by atoms with Gasteiger partial charge in [-0.1, -0.05) is 18.2 Å². The molecule has 5 rings (SSSR count). The van der Waals surface area contributed by atoms with Crippen LogP contribution in [0.4, 0.5) is 0 Å². The third-order valence-corrected chi connectivity index (χ3v) is 6.03. The molecule has 3 atom stereocenters. The molecule has 1 aromatic carbocycles. The van der Waals surface area contributed by atoms with Crippen molar-refractivity contribution in [1.29, 1.82) is 0 Å². The van der Waals surface area contributed by atoms with Crippen molar-refractivity contribution < 1.29 is 14.4 Å². The summed E-state index contributed by atoms with van der Waals surface area (Å²) in [6.45, 7) is 0.423. The fourth-order valence-corrected chi connectivity index (χ4v) is 4.47. The van der Waals surface area contributed by atoms with E-state index < -0.39 is 12.1 Å². The molecule has 0 radical (unpaired) electrons. The third-order valence-electron chi connectivity index (χ3n) is 6.03. The van der Waals surface area contributed by atoms with Crippen molar-refractivity contribution in [3.63, 3.8) is 0 Å². The fraction of sp³-hybridized carbons (Fsp3) is 0.318. The van der Waals surface area contributed by atoms with Gasteiger partial charge < -0.3 is 20.5 Å². The van der Waals surface area contributed by atoms with Gasteiger partial charge in [0.25, 0.3) is 5.91 Å². The van der Waals surface area contributed by atoms with Crippen LogP contribution < -0.4 is 10.6 Å². The number of piperazine rings is 1. The Bertz CT molecular complexity index is 1140. The van der Waals surface area contributed by atoms with E-state index in [-0.39, 0.29) is 29.5 Å². The molecule has 4 heterocycles. The van der Waals surface area contributed by atoms with Gasteiger partial charge in [0.2, 0.25) is 11.8 Å². The van der Waals surface area contributed by atoms with Gasteiger partial charge in [-0.3, -0.25) is 19.4 Å². The molecule has 9 nitrogen and oxygen atoms in total. The number of para-hydroxylation sites is 1. The zero-order chi connectivity index (χ0) is 21.4. The van der Waals surface area contributed by atoms with Crippen LogP contribution in [-0.2, 0) is 16.0 Å². The van der Waals surface area contributed by atoms with Crippen LogP contribution >= 0.6 is 0 Å². The number of nitrogens with zero attached hydrogens (tertiary/aromatic N) is 3. The van der Waals surface area contributed by atoms with Crippen LogP contribution in [0.5, 0.6) is 0 Å². The first-order valence-electron chi connectivity index (χ1n) is 10.3. The summed E-state index contributed by atoms with van der Waals surface area (Å²) in [6, 6.07) is 6.52. The van der Waals surface area contributed by atoms with Gasteiger partial charge in [-0.25, -0.2) is 4.98 Å². The van der Waals surface area contributed by atoms with E-state index in [1.54, 1.807) is 4.90 Å². The number of hydrogen-bond acceptors (Lipinski definition) is 5. The van der Waals surface area contributed by atoms with Crippen molar-refractivity contribution >= 4 is 28.6 Å². The molecule has 2 saturated heterocycles. The predicted octanol–water partition coefficient (Wildman–Crippen LogP) is 0.788. The van der Waals surface area contributed by atoms with Gasteiger partial charge in [0.15, 0.2) is 0 Å². The number of aromatic nitrogens is 3. The molecule has 3 N–H and O–H groups in total. The quantitative estimate of drug-likeness (QED) is 0.579. The molecule has 2 aliphatic rings. The maximum absolute atomic E-state index is 13.1. The molecule has 3 amide bonds. The molecular formula is C22H22N6O3. The van der Waals surface area contributed by atoms with Crippen molar-refractivity contribution in [3.05, 3.63) is 60.3 Å². The topological polar surface area (TPSA) is 120 Å². The number of piperidine rings is 1. The van der Waals surface area contributed by atoms with Crippen LogP contribution in [0.15, 0.2) is 49.1 Å². The van der Waals surface area contributed by atoms with Gasteiger partial charge in [0.1, 0.15) is 17.8 Å². The highest BCUT2D eigenvalue weighted by molar-refractivity contribution is 5.98. The van der Waals surface area contributed by atoms with Crippen molar-refractivity contribution in [2.24, 2.45) is 0 Å². The number of carbonyl (C=O) groups is 3. The highest BCUT2D eigenvalue weighted by Gasteiger charge is 2.44. The summed E-state index contributed by atoms with van der Waals surface area (Å²) in [7, 11) is 0. The highest BCUT2D eigenvalue weighted by Crippen LogP contribution is 2.25. The Balaban J connectivity index is 1.26. The summed E-state index contributed by atoms with van der Waals surface area (Å²) in [4.78, 5) is 51.1. The molecule has 2 fully saturated rings. The number of fused-ring (bicyclic) bond motifs is 2. The number of hydrogen-bond donors (Lipinski definition) is 3. The molecule has 2 aromatic heterocycles. The zero-order valence-corrected chi connectivity index (χ0v) is 16.7. The van der Waals surface area contributed by atoms with Crippen LogP contribution in [0.25, 0.3) is 10.9 Å². The van der Waals surface area contributed by atoms with E-state index in [0.29, 0.717) is 25.8 Å². The molecule has 31 heavy (non-hydrogen) atoms. The standard InChI is InChI=1S/C22H22N6O3/c29-20(18-12-23-6-7-24-18)26-14-5-8-28-19(10-14)21(30)27-17(22(28)31)9-13-11-25-16-4-2-1-3-15(13)16/h1-4,6-7,11-12,14,17,19,25H,5,8-10H2,(H,26,29)(H,27,30). The lowest BCUT2D eigenvalue weighted by Gasteiger charge is -2.44. The first-order valence-corrected chi connectivity index (χ1v) is 10.3. The number of benzene rings is 1. The molecule has 0 saturated carbocycles. The van der Waals surface area contributed by atoms with E-state index in [1.165, 1.54) is 18.6 Å². The molecule has 0 bridgehead atoms. The Morgan fingerprint density at radius 1 is 1.23 bits per heavy atom. The van der Waals surface area contributed by atoms with Gasteiger partial charge in [0.05, 0.1) is 6.20 Å². The fourth-order valence-electron chi connectivity index (χ4n) is 4.47. The van der Waals surface area contributed by atoms with E-state index in [2.05, 4.69) is 25.6 Å². The summed E-state index contributed by atoms with van der Waals surface area (Å²) in [5.74, 6) is -0.581. The molecule has 3 aromatic rings. The van der Waals surface area contributed by atoms with E-state index in [4.69, 9.17) is 0 Å². The average molecular weight is 418 g/mol. The summed E-state index contributed by atoms with van der Waals surface area (Å²) in [5, 5.41) is 6.86. The number of rotatable bonds is 4. The number of carbonyl (C=O) groups excluding carboxylic acids is 3. The largest absolute Gasteiger partial charge is 0.361 e. The molecule has 3 unspecified atom stereocenters. The van der Waals surface area contributed by atoms with Gasteiger partial charge in [-0.2, -0.15) is 0 Å². The first-order chi connectivity index (χ1) is 15.1. The van der Waals surface area contributed by atoms with Crippen molar-refractivity contribution in [1.82, 2.24) is 30.5 Å². The maximum Gasteiger partial charge on any atom is 0.271 e. The summed E-state index contributed by atoms with van der Waals surface area (Å²) in [5.41, 5.74) is 2.23. The Morgan fingerprint density at radius 2 is 2.10 bits per heavy atom. The number of aromatic amines is 1. The van der Waals surface area contributed by atoms with Gasteiger partial charge >= 0.3 is 0 Å². The van der Waals surface area contributed by atoms with E-state index >= 15 is 0 Å². The summed E-state index contributed by atoms with van der Waals surface area (Å²) in [6.07, 6.45) is 7.65. The number of nitrogens with one attached hydrogen (secondary N) is 3. The van der Waals surface area contributed by atoms with Crippen molar-refractivity contribution in [3.8, 4) is 0 Å².